The summed E-state index contributed by atoms with van der Waals surface area (Å²) < 4.78 is 0. The van der Waals surface area contributed by atoms with Crippen LogP contribution in [0.3, 0.4) is 0 Å². The summed E-state index contributed by atoms with van der Waals surface area (Å²) >= 11 is 0. The molecule has 2 atom stereocenters. The average molecular weight is 214 g/mol. The molecule has 0 aliphatic carbocycles. The van der Waals surface area contributed by atoms with E-state index in [1.54, 1.807) is 6.92 Å². The number of rotatable bonds is 3. The SMILES string of the molecule is CCN1CCCN(C(C)C(=O)O)C(C)C1. The van der Waals surface area contributed by atoms with E-state index < -0.39 is 5.97 Å². The largest absolute Gasteiger partial charge is 0.480 e. The molecule has 0 bridgehead atoms. The second-order valence-electron chi connectivity index (χ2n) is 4.35. The van der Waals surface area contributed by atoms with Gasteiger partial charge in [0.25, 0.3) is 0 Å². The smallest absolute Gasteiger partial charge is 0.320 e. The summed E-state index contributed by atoms with van der Waals surface area (Å²) in [4.78, 5) is 15.4. The number of nitrogens with zero attached hydrogens (tertiary/aromatic N) is 2. The number of carboxylic acids is 1. The van der Waals surface area contributed by atoms with Crippen molar-refractivity contribution >= 4 is 5.97 Å². The maximum Gasteiger partial charge on any atom is 0.320 e. The third kappa shape index (κ3) is 3.18. The molecule has 0 spiro atoms. The van der Waals surface area contributed by atoms with Gasteiger partial charge in [0, 0.05) is 19.1 Å². The van der Waals surface area contributed by atoms with Gasteiger partial charge in [-0.25, -0.2) is 0 Å². The van der Waals surface area contributed by atoms with Crippen molar-refractivity contribution in [3.8, 4) is 0 Å². The Kier molecular flexibility index (Phi) is 4.54. The van der Waals surface area contributed by atoms with Crippen molar-refractivity contribution in [3.63, 3.8) is 0 Å². The van der Waals surface area contributed by atoms with Gasteiger partial charge < -0.3 is 10.0 Å². The first-order valence-corrected chi connectivity index (χ1v) is 5.77. The zero-order chi connectivity index (χ0) is 11.4. The fraction of sp³-hybridized carbons (Fsp3) is 0.909. The Morgan fingerprint density at radius 2 is 2.20 bits per heavy atom. The number of likely N-dealkylation sites (N-methyl/N-ethyl adjacent to an activating group) is 1. The van der Waals surface area contributed by atoms with Gasteiger partial charge in [-0.1, -0.05) is 6.92 Å². The molecule has 1 aliphatic rings. The van der Waals surface area contributed by atoms with Crippen LogP contribution in [-0.2, 0) is 4.79 Å². The number of aliphatic carboxylic acids is 1. The van der Waals surface area contributed by atoms with Crippen LogP contribution in [0.4, 0.5) is 0 Å². The van der Waals surface area contributed by atoms with E-state index in [-0.39, 0.29) is 6.04 Å². The van der Waals surface area contributed by atoms with Crippen LogP contribution in [-0.4, -0.2) is 59.1 Å². The Balaban J connectivity index is 2.62. The number of hydrogen-bond acceptors (Lipinski definition) is 3. The van der Waals surface area contributed by atoms with Crippen molar-refractivity contribution in [1.82, 2.24) is 9.80 Å². The quantitative estimate of drug-likeness (QED) is 0.757. The molecular weight excluding hydrogens is 192 g/mol. The molecule has 0 aromatic carbocycles. The minimum atomic E-state index is -0.716. The highest BCUT2D eigenvalue weighted by atomic mass is 16.4. The van der Waals surface area contributed by atoms with E-state index >= 15 is 0 Å². The summed E-state index contributed by atoms with van der Waals surface area (Å²) in [5, 5.41) is 9.01. The molecule has 0 amide bonds. The zero-order valence-corrected chi connectivity index (χ0v) is 9.94. The number of carbonyl (C=O) groups is 1. The highest BCUT2D eigenvalue weighted by Crippen LogP contribution is 2.13. The van der Waals surface area contributed by atoms with Crippen molar-refractivity contribution in [2.75, 3.05) is 26.2 Å². The van der Waals surface area contributed by atoms with Crippen molar-refractivity contribution in [1.29, 1.82) is 0 Å². The fourth-order valence-electron chi connectivity index (χ4n) is 2.27. The standard InChI is InChI=1S/C11H22N2O2/c1-4-12-6-5-7-13(9(2)8-12)10(3)11(14)15/h9-10H,4-8H2,1-3H3,(H,14,15). The van der Waals surface area contributed by atoms with Gasteiger partial charge in [-0.3, -0.25) is 9.69 Å². The zero-order valence-electron chi connectivity index (χ0n) is 9.94. The van der Waals surface area contributed by atoms with E-state index in [0.717, 1.165) is 32.6 Å². The summed E-state index contributed by atoms with van der Waals surface area (Å²) in [6.07, 6.45) is 1.07. The van der Waals surface area contributed by atoms with Gasteiger partial charge in [-0.15, -0.1) is 0 Å². The molecule has 0 saturated carbocycles. The molecule has 1 fully saturated rings. The summed E-state index contributed by atoms with van der Waals surface area (Å²) in [5.41, 5.74) is 0. The minimum Gasteiger partial charge on any atom is -0.480 e. The molecule has 1 saturated heterocycles. The van der Waals surface area contributed by atoms with E-state index in [1.165, 1.54) is 0 Å². The molecule has 15 heavy (non-hydrogen) atoms. The summed E-state index contributed by atoms with van der Waals surface area (Å²) in [7, 11) is 0. The van der Waals surface area contributed by atoms with Crippen molar-refractivity contribution in [2.45, 2.75) is 39.3 Å². The van der Waals surface area contributed by atoms with Gasteiger partial charge in [-0.2, -0.15) is 0 Å². The van der Waals surface area contributed by atoms with Crippen LogP contribution in [0, 0.1) is 0 Å². The third-order valence-electron chi connectivity index (χ3n) is 3.28. The molecule has 4 heteroatoms. The Hall–Kier alpha value is -0.610. The molecule has 4 nitrogen and oxygen atoms in total. The molecule has 1 N–H and O–H groups in total. The lowest BCUT2D eigenvalue weighted by atomic mass is 10.2. The van der Waals surface area contributed by atoms with E-state index in [9.17, 15) is 4.79 Å². The van der Waals surface area contributed by atoms with Crippen molar-refractivity contribution in [3.05, 3.63) is 0 Å². The highest BCUT2D eigenvalue weighted by Gasteiger charge is 2.28. The molecule has 1 rings (SSSR count). The lowest BCUT2D eigenvalue weighted by Crippen LogP contribution is -2.47. The molecule has 0 aromatic rings. The van der Waals surface area contributed by atoms with Gasteiger partial charge in [0.2, 0.25) is 0 Å². The van der Waals surface area contributed by atoms with Gasteiger partial charge >= 0.3 is 5.97 Å². The molecule has 88 valence electrons. The van der Waals surface area contributed by atoms with Crippen LogP contribution in [0.2, 0.25) is 0 Å². The van der Waals surface area contributed by atoms with Gasteiger partial charge in [0.1, 0.15) is 6.04 Å². The predicted molar refractivity (Wildman–Crippen MR) is 60.0 cm³/mol. The van der Waals surface area contributed by atoms with E-state index in [2.05, 4.69) is 23.6 Å². The summed E-state index contributed by atoms with van der Waals surface area (Å²) in [6, 6.07) is -0.0321. The topological polar surface area (TPSA) is 43.8 Å². The normalized spacial score (nSPS) is 27.3. The van der Waals surface area contributed by atoms with Crippen molar-refractivity contribution in [2.24, 2.45) is 0 Å². The Bertz CT molecular complexity index is 221. The van der Waals surface area contributed by atoms with Gasteiger partial charge in [-0.05, 0) is 33.4 Å². The fourth-order valence-corrected chi connectivity index (χ4v) is 2.27. The Morgan fingerprint density at radius 3 is 2.73 bits per heavy atom. The van der Waals surface area contributed by atoms with Crippen LogP contribution >= 0.6 is 0 Å². The lowest BCUT2D eigenvalue weighted by molar-refractivity contribution is -0.143. The molecule has 1 heterocycles. The number of hydrogen-bond donors (Lipinski definition) is 1. The highest BCUT2D eigenvalue weighted by molar-refractivity contribution is 5.72. The first-order valence-electron chi connectivity index (χ1n) is 5.77. The Labute approximate surface area is 91.9 Å². The van der Waals surface area contributed by atoms with E-state index in [1.807, 2.05) is 0 Å². The molecular formula is C11H22N2O2. The van der Waals surface area contributed by atoms with Crippen LogP contribution in [0.1, 0.15) is 27.2 Å². The third-order valence-corrected chi connectivity index (χ3v) is 3.28. The van der Waals surface area contributed by atoms with Crippen LogP contribution < -0.4 is 0 Å². The first-order chi connectivity index (χ1) is 7.06. The molecule has 0 radical (unpaired) electrons. The van der Waals surface area contributed by atoms with Gasteiger partial charge in [0.15, 0.2) is 0 Å². The molecule has 2 unspecified atom stereocenters. The van der Waals surface area contributed by atoms with E-state index in [0.29, 0.717) is 6.04 Å². The molecule has 0 aromatic heterocycles. The summed E-state index contributed by atoms with van der Waals surface area (Å²) in [6.45, 7) is 10.1. The monoisotopic (exact) mass is 214 g/mol. The first kappa shape index (κ1) is 12.5. The maximum atomic E-state index is 11.0. The minimum absolute atomic E-state index is 0.332. The summed E-state index contributed by atoms with van der Waals surface area (Å²) in [5.74, 6) is -0.716. The number of carboxylic acid groups (broad SMARTS) is 1. The van der Waals surface area contributed by atoms with Crippen LogP contribution in [0.15, 0.2) is 0 Å². The maximum absolute atomic E-state index is 11.0. The van der Waals surface area contributed by atoms with Crippen molar-refractivity contribution < 1.29 is 9.90 Å². The Morgan fingerprint density at radius 1 is 1.53 bits per heavy atom. The average Bonchev–Trinajstić information content (AvgIpc) is 2.38. The second-order valence-corrected chi connectivity index (χ2v) is 4.35. The molecule has 1 aliphatic heterocycles. The predicted octanol–water partition coefficient (Wildman–Crippen LogP) is 0.876. The van der Waals surface area contributed by atoms with E-state index in [4.69, 9.17) is 5.11 Å². The lowest BCUT2D eigenvalue weighted by Gasteiger charge is -2.31. The second kappa shape index (κ2) is 5.47. The van der Waals surface area contributed by atoms with Crippen LogP contribution in [0.5, 0.6) is 0 Å². The van der Waals surface area contributed by atoms with Crippen LogP contribution in [0.25, 0.3) is 0 Å². The van der Waals surface area contributed by atoms with Gasteiger partial charge in [0.05, 0.1) is 0 Å².